The van der Waals surface area contributed by atoms with Crippen molar-refractivity contribution in [3.8, 4) is 0 Å². The highest BCUT2D eigenvalue weighted by molar-refractivity contribution is 5.93. The summed E-state index contributed by atoms with van der Waals surface area (Å²) in [6, 6.07) is 4.13. The zero-order chi connectivity index (χ0) is 19.3. The van der Waals surface area contributed by atoms with Crippen LogP contribution in [0.4, 0.5) is 15.8 Å². The van der Waals surface area contributed by atoms with Crippen LogP contribution in [0.5, 0.6) is 0 Å². The predicted molar refractivity (Wildman–Crippen MR) is 111 cm³/mol. The van der Waals surface area contributed by atoms with E-state index in [9.17, 15) is 0 Å². The molecule has 1 aromatic carbocycles. The molecule has 5 heteroatoms. The maximum Gasteiger partial charge on any atom is 0.147 e. The third-order valence-corrected chi connectivity index (χ3v) is 5.69. The SMILES string of the molecule is C=C(C)C1=CN(C2CC2)c2cc(N3CCN(C(=C)N)CC3)c(F)cc2C1=C. The molecule has 0 radical (unpaired) electrons. The number of allylic oxidation sites excluding steroid dienone is 3. The molecular formula is C22H27FN4. The molecule has 0 aromatic heterocycles. The summed E-state index contributed by atoms with van der Waals surface area (Å²) in [5, 5.41) is 0. The van der Waals surface area contributed by atoms with Crippen LogP contribution in [-0.2, 0) is 0 Å². The predicted octanol–water partition coefficient (Wildman–Crippen LogP) is 3.83. The van der Waals surface area contributed by atoms with Crippen molar-refractivity contribution in [2.24, 2.45) is 5.73 Å². The molecule has 27 heavy (non-hydrogen) atoms. The minimum absolute atomic E-state index is 0.200. The van der Waals surface area contributed by atoms with E-state index in [0.717, 1.165) is 67.0 Å². The monoisotopic (exact) mass is 366 g/mol. The lowest BCUT2D eigenvalue weighted by Crippen LogP contribution is -2.47. The van der Waals surface area contributed by atoms with Gasteiger partial charge in [-0.3, -0.25) is 0 Å². The summed E-state index contributed by atoms with van der Waals surface area (Å²) in [6.07, 6.45) is 4.47. The molecule has 142 valence electrons. The Morgan fingerprint density at radius 1 is 1.11 bits per heavy atom. The second kappa shape index (κ2) is 6.48. The van der Waals surface area contributed by atoms with Gasteiger partial charge in [-0.05, 0) is 43.0 Å². The van der Waals surface area contributed by atoms with Gasteiger partial charge < -0.3 is 20.4 Å². The van der Waals surface area contributed by atoms with Crippen LogP contribution in [0.3, 0.4) is 0 Å². The van der Waals surface area contributed by atoms with Crippen molar-refractivity contribution in [3.63, 3.8) is 0 Å². The van der Waals surface area contributed by atoms with Crippen molar-refractivity contribution in [1.82, 2.24) is 4.90 Å². The largest absolute Gasteiger partial charge is 0.386 e. The summed E-state index contributed by atoms with van der Waals surface area (Å²) in [6.45, 7) is 17.0. The molecule has 4 nitrogen and oxygen atoms in total. The highest BCUT2D eigenvalue weighted by atomic mass is 19.1. The number of rotatable bonds is 4. The van der Waals surface area contributed by atoms with E-state index in [1.807, 2.05) is 17.9 Å². The Morgan fingerprint density at radius 3 is 2.33 bits per heavy atom. The van der Waals surface area contributed by atoms with Gasteiger partial charge in [0.1, 0.15) is 5.82 Å². The fourth-order valence-corrected chi connectivity index (χ4v) is 3.94. The van der Waals surface area contributed by atoms with E-state index in [0.29, 0.717) is 17.6 Å². The summed E-state index contributed by atoms with van der Waals surface area (Å²) in [4.78, 5) is 6.42. The Kier molecular flexibility index (Phi) is 4.25. The number of benzene rings is 1. The van der Waals surface area contributed by atoms with E-state index in [4.69, 9.17) is 5.73 Å². The first-order chi connectivity index (χ1) is 12.9. The van der Waals surface area contributed by atoms with Gasteiger partial charge >= 0.3 is 0 Å². The van der Waals surface area contributed by atoms with Crippen LogP contribution in [0.2, 0.25) is 0 Å². The minimum atomic E-state index is -0.200. The van der Waals surface area contributed by atoms with E-state index in [1.54, 1.807) is 6.07 Å². The number of nitrogens with zero attached hydrogens (tertiary/aromatic N) is 3. The molecule has 2 aliphatic heterocycles. The minimum Gasteiger partial charge on any atom is -0.386 e. The van der Waals surface area contributed by atoms with Crippen LogP contribution < -0.4 is 15.5 Å². The number of fused-ring (bicyclic) bond motifs is 1. The molecule has 2 N–H and O–H groups in total. The molecule has 0 atom stereocenters. The Bertz CT molecular complexity index is 857. The number of nitrogens with two attached hydrogens (primary N) is 1. The van der Waals surface area contributed by atoms with Crippen LogP contribution >= 0.6 is 0 Å². The Labute approximate surface area is 160 Å². The zero-order valence-electron chi connectivity index (χ0n) is 16.0. The maximum absolute atomic E-state index is 15.1. The molecule has 3 aliphatic rings. The quantitative estimate of drug-likeness (QED) is 0.878. The van der Waals surface area contributed by atoms with Gasteiger partial charge in [0.2, 0.25) is 0 Å². The van der Waals surface area contributed by atoms with Crippen molar-refractivity contribution in [2.45, 2.75) is 25.8 Å². The van der Waals surface area contributed by atoms with Crippen LogP contribution in [0.1, 0.15) is 25.3 Å². The van der Waals surface area contributed by atoms with Crippen LogP contribution in [0.15, 0.2) is 55.0 Å². The van der Waals surface area contributed by atoms with Gasteiger partial charge in [-0.15, -0.1) is 0 Å². The van der Waals surface area contributed by atoms with E-state index in [-0.39, 0.29) is 5.82 Å². The van der Waals surface area contributed by atoms with Crippen molar-refractivity contribution >= 4 is 16.9 Å². The van der Waals surface area contributed by atoms with Gasteiger partial charge in [0.15, 0.2) is 0 Å². The normalized spacial score (nSPS) is 19.7. The Morgan fingerprint density at radius 2 is 1.78 bits per heavy atom. The van der Waals surface area contributed by atoms with E-state index in [2.05, 4.69) is 35.7 Å². The maximum atomic E-state index is 15.1. The molecule has 1 aliphatic carbocycles. The van der Waals surface area contributed by atoms with Gasteiger partial charge in [-0.2, -0.15) is 0 Å². The van der Waals surface area contributed by atoms with Gasteiger partial charge in [0, 0.05) is 49.6 Å². The van der Waals surface area contributed by atoms with Crippen LogP contribution in [0, 0.1) is 5.82 Å². The zero-order valence-corrected chi connectivity index (χ0v) is 16.0. The second-order valence-electron chi connectivity index (χ2n) is 7.73. The third kappa shape index (κ3) is 3.11. The van der Waals surface area contributed by atoms with Crippen LogP contribution in [0.25, 0.3) is 5.57 Å². The molecule has 4 rings (SSSR count). The average molecular weight is 366 g/mol. The molecule has 1 saturated heterocycles. The molecule has 0 unspecified atom stereocenters. The van der Waals surface area contributed by atoms with Gasteiger partial charge in [0.25, 0.3) is 0 Å². The number of hydrogen-bond donors (Lipinski definition) is 1. The molecule has 1 aromatic rings. The van der Waals surface area contributed by atoms with Gasteiger partial charge in [0.05, 0.1) is 17.2 Å². The summed E-state index contributed by atoms with van der Waals surface area (Å²) in [7, 11) is 0. The summed E-state index contributed by atoms with van der Waals surface area (Å²) in [5.74, 6) is 0.378. The van der Waals surface area contributed by atoms with Crippen molar-refractivity contribution in [2.75, 3.05) is 36.0 Å². The summed E-state index contributed by atoms with van der Waals surface area (Å²) < 4.78 is 15.1. The average Bonchev–Trinajstić information content (AvgIpc) is 3.47. The first-order valence-corrected chi connectivity index (χ1v) is 9.50. The number of halogens is 1. The molecule has 1 saturated carbocycles. The fourth-order valence-electron chi connectivity index (χ4n) is 3.94. The first-order valence-electron chi connectivity index (χ1n) is 9.50. The van der Waals surface area contributed by atoms with Gasteiger partial charge in [-0.25, -0.2) is 4.39 Å². The third-order valence-electron chi connectivity index (χ3n) is 5.69. The van der Waals surface area contributed by atoms with Crippen molar-refractivity contribution < 1.29 is 4.39 Å². The lowest BCUT2D eigenvalue weighted by atomic mass is 9.90. The standard InChI is InChI=1S/C22H27FN4/c1-14(2)19-13-27(17-5-6-17)21-12-22(20(23)11-18(21)15(19)3)26-9-7-25(8-10-26)16(4)24/h11-13,17H,1,3-10,24H2,2H3. The smallest absolute Gasteiger partial charge is 0.147 e. The van der Waals surface area contributed by atoms with E-state index >= 15 is 4.39 Å². The molecule has 0 amide bonds. The van der Waals surface area contributed by atoms with E-state index in [1.165, 1.54) is 0 Å². The fraction of sp³-hybridized carbons (Fsp3) is 0.364. The second-order valence-corrected chi connectivity index (χ2v) is 7.73. The van der Waals surface area contributed by atoms with Crippen molar-refractivity contribution in [3.05, 3.63) is 66.4 Å². The van der Waals surface area contributed by atoms with Crippen molar-refractivity contribution in [1.29, 1.82) is 0 Å². The summed E-state index contributed by atoms with van der Waals surface area (Å²) >= 11 is 0. The number of hydrogen-bond acceptors (Lipinski definition) is 4. The molecule has 2 fully saturated rings. The van der Waals surface area contributed by atoms with Gasteiger partial charge in [-0.1, -0.05) is 19.7 Å². The molecule has 2 heterocycles. The first kappa shape index (κ1) is 17.7. The Hall–Kier alpha value is -2.69. The molecular weight excluding hydrogens is 339 g/mol. The molecule has 0 spiro atoms. The van der Waals surface area contributed by atoms with E-state index < -0.39 is 0 Å². The Balaban J connectivity index is 1.69. The van der Waals surface area contributed by atoms with Crippen LogP contribution in [-0.4, -0.2) is 37.1 Å². The summed E-state index contributed by atoms with van der Waals surface area (Å²) in [5.41, 5.74) is 11.2. The topological polar surface area (TPSA) is 35.7 Å². The highest BCUT2D eigenvalue weighted by Crippen LogP contribution is 2.45. The number of anilines is 2. The lowest BCUT2D eigenvalue weighted by Gasteiger charge is -2.38. The number of piperazine rings is 1. The lowest BCUT2D eigenvalue weighted by molar-refractivity contribution is 0.318. The molecule has 0 bridgehead atoms. The highest BCUT2D eigenvalue weighted by Gasteiger charge is 2.34.